The molecule has 0 aliphatic carbocycles. The highest BCUT2D eigenvalue weighted by molar-refractivity contribution is 7.13. The van der Waals surface area contributed by atoms with Gasteiger partial charge >= 0.3 is 0 Å². The van der Waals surface area contributed by atoms with Crippen LogP contribution in [0.1, 0.15) is 134 Å². The number of aliphatic hydroxyl groups is 1. The molecule has 0 saturated carbocycles. The van der Waals surface area contributed by atoms with Crippen molar-refractivity contribution in [2.45, 2.75) is 154 Å². The molecule has 3 aliphatic rings. The summed E-state index contributed by atoms with van der Waals surface area (Å²) in [6, 6.07) is 15.6. The SMILES string of the molecule is Cc1ncsc1-c1ccc(CNC(=O)[C@@H]2C[C@@H](O)CN2C(=O)C(NC(=O)CCCCCCCCCCC(=O)N2CCN(CC[C@H](NC(=O)C3(N)CCN(c4ncnc5[nH]ccc45)CC3)c3ccc(Cl)cc3)CC2)C(C)(C)C)cc1. The highest BCUT2D eigenvalue weighted by atomic mass is 35.5. The maximum atomic E-state index is 14.1. The second-order valence-electron chi connectivity index (χ2n) is 22.9. The highest BCUT2D eigenvalue weighted by Crippen LogP contribution is 2.32. The van der Waals surface area contributed by atoms with E-state index >= 15 is 0 Å². The first kappa shape index (κ1) is 59.1. The molecule has 3 aromatic heterocycles. The Morgan fingerprint density at radius 1 is 0.848 bits per heavy atom. The number of likely N-dealkylation sites (tertiary alicyclic amines) is 1. The normalized spacial score (nSPS) is 18.6. The third-order valence-corrected chi connectivity index (χ3v) is 17.3. The van der Waals surface area contributed by atoms with Crippen molar-refractivity contribution >= 4 is 69.3 Å². The van der Waals surface area contributed by atoms with Crippen LogP contribution >= 0.6 is 22.9 Å². The summed E-state index contributed by atoms with van der Waals surface area (Å²) in [5.74, 6) is -0.0118. The molecule has 0 bridgehead atoms. The number of piperidine rings is 1. The summed E-state index contributed by atoms with van der Waals surface area (Å²) in [5, 5.41) is 21.5. The molecule has 4 atom stereocenters. The van der Waals surface area contributed by atoms with Gasteiger partial charge in [-0.3, -0.25) is 28.9 Å². The number of nitrogens with one attached hydrogen (secondary N) is 4. The highest BCUT2D eigenvalue weighted by Gasteiger charge is 2.45. The van der Waals surface area contributed by atoms with E-state index in [9.17, 15) is 29.1 Å². The number of aromatic amines is 1. The summed E-state index contributed by atoms with van der Waals surface area (Å²) < 4.78 is 0. The minimum atomic E-state index is -1.02. The molecule has 0 radical (unpaired) electrons. The predicted octanol–water partition coefficient (Wildman–Crippen LogP) is 7.44. The predicted molar refractivity (Wildman–Crippen MR) is 310 cm³/mol. The van der Waals surface area contributed by atoms with Gasteiger partial charge in [-0.2, -0.15) is 0 Å². The van der Waals surface area contributed by atoms with Crippen molar-refractivity contribution in [2.24, 2.45) is 11.1 Å². The van der Waals surface area contributed by atoms with Crippen LogP contribution in [0.5, 0.6) is 0 Å². The Bertz CT molecular complexity index is 2820. The maximum Gasteiger partial charge on any atom is 0.246 e. The lowest BCUT2D eigenvalue weighted by Gasteiger charge is -2.39. The average Bonchev–Trinajstić information content (AvgIpc) is 4.26. The van der Waals surface area contributed by atoms with E-state index in [0.29, 0.717) is 69.7 Å². The number of fused-ring (bicyclic) bond motifs is 1. The minimum Gasteiger partial charge on any atom is -0.391 e. The van der Waals surface area contributed by atoms with E-state index in [-0.39, 0.29) is 55.1 Å². The number of nitrogens with two attached hydrogens (primary N) is 1. The van der Waals surface area contributed by atoms with Crippen molar-refractivity contribution in [3.05, 3.63) is 94.5 Å². The third kappa shape index (κ3) is 15.9. The zero-order valence-electron chi connectivity index (χ0n) is 46.5. The number of hydrogen-bond acceptors (Lipinski definition) is 13. The van der Waals surface area contributed by atoms with Gasteiger partial charge < -0.3 is 46.5 Å². The molecule has 0 spiro atoms. The first-order valence-corrected chi connectivity index (χ1v) is 29.6. The number of anilines is 1. The lowest BCUT2D eigenvalue weighted by molar-refractivity contribution is -0.144. The summed E-state index contributed by atoms with van der Waals surface area (Å²) in [6.07, 6.45) is 12.8. The number of piperazine rings is 1. The van der Waals surface area contributed by atoms with Gasteiger partial charge in [-0.05, 0) is 79.3 Å². The zero-order valence-corrected chi connectivity index (χ0v) is 48.1. The molecule has 3 aliphatic heterocycles. The lowest BCUT2D eigenvalue weighted by atomic mass is 9.85. The molecule has 426 valence electrons. The Balaban J connectivity index is 0.678. The second-order valence-corrected chi connectivity index (χ2v) is 24.2. The first-order valence-electron chi connectivity index (χ1n) is 28.4. The van der Waals surface area contributed by atoms with Crippen LogP contribution < -0.4 is 26.6 Å². The van der Waals surface area contributed by atoms with E-state index in [2.05, 4.69) is 45.7 Å². The molecule has 20 heteroatoms. The van der Waals surface area contributed by atoms with E-state index in [1.165, 1.54) is 4.90 Å². The number of H-pyrrole nitrogens is 1. The number of aliphatic hydroxyl groups excluding tert-OH is 1. The number of unbranched alkanes of at least 4 members (excludes halogenated alkanes) is 7. The first-order chi connectivity index (χ1) is 38.0. The van der Waals surface area contributed by atoms with Crippen LogP contribution in [-0.4, -0.2) is 145 Å². The molecular weight excluding hydrogens is 1040 g/mol. The Labute approximate surface area is 474 Å². The largest absolute Gasteiger partial charge is 0.391 e. The van der Waals surface area contributed by atoms with Crippen molar-refractivity contribution in [3.8, 4) is 10.4 Å². The van der Waals surface area contributed by atoms with Crippen molar-refractivity contribution in [1.82, 2.24) is 50.6 Å². The van der Waals surface area contributed by atoms with E-state index < -0.39 is 29.1 Å². The number of thiazole rings is 1. The van der Waals surface area contributed by atoms with E-state index in [0.717, 1.165) is 109 Å². The van der Waals surface area contributed by atoms with Gasteiger partial charge in [-0.1, -0.05) is 107 Å². The number of halogens is 1. The number of aryl methyl sites for hydroxylation is 1. The number of amides is 5. The van der Waals surface area contributed by atoms with Crippen LogP contribution in [-0.2, 0) is 30.5 Å². The fraction of sp³-hybridized carbons (Fsp3) is 0.559. The number of carbonyl (C=O) groups is 5. The molecule has 18 nitrogen and oxygen atoms in total. The quantitative estimate of drug-likeness (QED) is 0.0331. The Kier molecular flexibility index (Phi) is 20.6. The van der Waals surface area contributed by atoms with E-state index in [1.54, 1.807) is 17.7 Å². The topological polar surface area (TPSA) is 235 Å². The summed E-state index contributed by atoms with van der Waals surface area (Å²) >= 11 is 7.84. The number of β-amino-alcohol motifs (C(OH)–C–C–N with tert-alkyl or cyclic N) is 1. The number of carbonyl (C=O) groups excluding carboxylic acids is 5. The zero-order chi connectivity index (χ0) is 56.1. The Hall–Kier alpha value is -5.99. The Morgan fingerprint density at radius 3 is 2.18 bits per heavy atom. The fourth-order valence-corrected chi connectivity index (χ4v) is 12.0. The molecule has 1 unspecified atom stereocenters. The van der Waals surface area contributed by atoms with Crippen molar-refractivity contribution < 1.29 is 29.1 Å². The monoisotopic (exact) mass is 1120 g/mol. The summed E-state index contributed by atoms with van der Waals surface area (Å²) in [5.41, 5.74) is 11.7. The van der Waals surface area contributed by atoms with Gasteiger partial charge in [0, 0.05) is 89.4 Å². The van der Waals surface area contributed by atoms with Crippen molar-refractivity contribution in [1.29, 1.82) is 0 Å². The van der Waals surface area contributed by atoms with Crippen molar-refractivity contribution in [2.75, 3.05) is 57.3 Å². The number of nitrogens with zero attached hydrogens (tertiary/aromatic N) is 7. The molecule has 6 heterocycles. The van der Waals surface area contributed by atoms with Crippen molar-refractivity contribution in [3.63, 3.8) is 0 Å². The number of rotatable bonds is 24. The number of hydrogen-bond donors (Lipinski definition) is 6. The van der Waals surface area contributed by atoms with Gasteiger partial charge in [-0.15, -0.1) is 11.3 Å². The molecule has 2 aromatic carbocycles. The molecule has 5 aromatic rings. The molecule has 8 rings (SSSR count). The van der Waals surface area contributed by atoms with Gasteiger partial charge in [-0.25, -0.2) is 15.0 Å². The summed E-state index contributed by atoms with van der Waals surface area (Å²) in [4.78, 5) is 93.4. The van der Waals surface area contributed by atoms with Gasteiger partial charge in [0.05, 0.1) is 39.2 Å². The standard InChI is InChI=1S/C59H81ClN12O6S/c1-40-51(79-39-66-40)43-17-15-41(16-18-43)36-63-55(76)48-35-45(73)37-72(48)56(77)52(58(2,3)4)68-49(74)13-11-9-7-5-6-8-10-12-14-50(75)70-33-31-69(32-34-70)28-24-47(42-19-21-44(60)22-20-42)67-57(78)59(61)25-29-71(30-26-59)54-46-23-27-62-53(46)64-38-65-54/h15-23,27,38-39,45,47-48,52,73H,5-14,24-26,28-37,61H2,1-4H3,(H,63,76)(H,67,78)(H,68,74)(H,62,64,65)/t45-,47+,48+,52?/m1/s1. The molecule has 7 N–H and O–H groups in total. The smallest absolute Gasteiger partial charge is 0.246 e. The van der Waals surface area contributed by atoms with Gasteiger partial charge in [0.25, 0.3) is 0 Å². The van der Waals surface area contributed by atoms with Crippen LogP contribution in [0.15, 0.2) is 72.6 Å². The average molecular weight is 1120 g/mol. The van der Waals surface area contributed by atoms with Gasteiger partial charge in [0.15, 0.2) is 0 Å². The van der Waals surface area contributed by atoms with Crippen LogP contribution in [0.2, 0.25) is 5.02 Å². The molecular formula is C59H81ClN12O6S. The van der Waals surface area contributed by atoms with Gasteiger partial charge in [0.2, 0.25) is 29.5 Å². The minimum absolute atomic E-state index is 0.0271. The Morgan fingerprint density at radius 2 is 1.52 bits per heavy atom. The molecule has 3 fully saturated rings. The summed E-state index contributed by atoms with van der Waals surface area (Å²) in [6.45, 7) is 12.8. The number of benzene rings is 2. The van der Waals surface area contributed by atoms with Gasteiger partial charge in [0.1, 0.15) is 29.9 Å². The van der Waals surface area contributed by atoms with E-state index in [4.69, 9.17) is 17.3 Å². The van der Waals surface area contributed by atoms with Crippen LogP contribution in [0.4, 0.5) is 5.82 Å². The lowest BCUT2D eigenvalue weighted by Crippen LogP contribution is -2.60. The fourth-order valence-electron chi connectivity index (χ4n) is 11.1. The summed E-state index contributed by atoms with van der Waals surface area (Å²) in [7, 11) is 0. The second kappa shape index (κ2) is 27.5. The number of aromatic nitrogens is 4. The third-order valence-electron chi connectivity index (χ3n) is 16.0. The van der Waals surface area contributed by atoms with E-state index in [1.807, 2.05) is 98.9 Å². The molecule has 3 saturated heterocycles. The molecule has 5 amide bonds. The molecule has 79 heavy (non-hydrogen) atoms. The van der Waals surface area contributed by atoms with Crippen LogP contribution in [0, 0.1) is 12.3 Å². The van der Waals surface area contributed by atoms with Crippen LogP contribution in [0.3, 0.4) is 0 Å². The van der Waals surface area contributed by atoms with Crippen LogP contribution in [0.25, 0.3) is 21.5 Å². The maximum absolute atomic E-state index is 14.1.